The van der Waals surface area contributed by atoms with E-state index in [9.17, 15) is 31.1 Å². The number of hydrogen-bond donors (Lipinski definition) is 0. The van der Waals surface area contributed by atoms with E-state index < -0.39 is 34.3 Å². The minimum atomic E-state index is -5.94. The summed E-state index contributed by atoms with van der Waals surface area (Å²) in [5.41, 5.74) is -3.18. The molecule has 0 saturated heterocycles. The Kier molecular flexibility index (Phi) is 4.72. The highest BCUT2D eigenvalue weighted by molar-refractivity contribution is 6.22. The Labute approximate surface area is 126 Å². The number of rotatable bonds is 4. The van der Waals surface area contributed by atoms with Gasteiger partial charge in [0.2, 0.25) is 0 Å². The van der Waals surface area contributed by atoms with Gasteiger partial charge < -0.3 is 4.74 Å². The van der Waals surface area contributed by atoms with Crippen molar-refractivity contribution in [2.24, 2.45) is 0 Å². The third kappa shape index (κ3) is 2.86. The van der Waals surface area contributed by atoms with Crippen LogP contribution in [0.3, 0.4) is 0 Å². The van der Waals surface area contributed by atoms with Crippen LogP contribution < -0.4 is 0 Å². The zero-order chi connectivity index (χ0) is 17.5. The molecule has 0 aromatic carbocycles. The average molecular weight is 350 g/mol. The largest absolute Gasteiger partial charge is 0.465 e. The molecular formula is C12H10ClF6NO2. The lowest BCUT2D eigenvalue weighted by molar-refractivity contribution is -0.286. The van der Waals surface area contributed by atoms with Crippen LogP contribution in [0.1, 0.15) is 27.3 Å². The van der Waals surface area contributed by atoms with Gasteiger partial charge in [0.15, 0.2) is 0 Å². The van der Waals surface area contributed by atoms with Crippen molar-refractivity contribution in [3.63, 3.8) is 0 Å². The third-order valence-corrected chi connectivity index (χ3v) is 3.04. The summed E-state index contributed by atoms with van der Waals surface area (Å²) in [6, 6.07) is 0.412. The molecule has 0 unspecified atom stereocenters. The number of halogens is 7. The average Bonchev–Trinajstić information content (AvgIpc) is 2.35. The van der Waals surface area contributed by atoms with E-state index in [1.807, 2.05) is 0 Å². The Morgan fingerprint density at radius 2 is 1.68 bits per heavy atom. The van der Waals surface area contributed by atoms with Gasteiger partial charge in [-0.25, -0.2) is 4.79 Å². The predicted octanol–water partition coefficient (Wildman–Crippen LogP) is 4.04. The standard InChI is InChI=1S/C12H10ClF6NO2/c1-5-4-7(8(6(2)20-5)9(21)22-3)10(14,15)11(16,17)12(13,18)19/h4H,1-3H3. The van der Waals surface area contributed by atoms with Crippen molar-refractivity contribution in [2.75, 3.05) is 7.11 Å². The van der Waals surface area contributed by atoms with Crippen LogP contribution in [0.15, 0.2) is 6.07 Å². The van der Waals surface area contributed by atoms with Crippen molar-refractivity contribution >= 4 is 17.6 Å². The highest BCUT2D eigenvalue weighted by Gasteiger charge is 2.72. The smallest absolute Gasteiger partial charge is 0.390 e. The number of carbonyl (C=O) groups excluding carboxylic acids is 1. The molecule has 0 atom stereocenters. The molecule has 1 aromatic rings. The van der Waals surface area contributed by atoms with Gasteiger partial charge in [0.1, 0.15) is 0 Å². The number of pyridine rings is 1. The molecule has 3 nitrogen and oxygen atoms in total. The molecule has 0 fully saturated rings. The molecule has 1 rings (SSSR count). The quantitative estimate of drug-likeness (QED) is 0.468. The van der Waals surface area contributed by atoms with E-state index in [1.165, 1.54) is 6.92 Å². The molecular weight excluding hydrogens is 340 g/mol. The fourth-order valence-corrected chi connectivity index (χ4v) is 1.90. The van der Waals surface area contributed by atoms with Gasteiger partial charge in [0.25, 0.3) is 0 Å². The molecule has 0 saturated carbocycles. The monoisotopic (exact) mass is 349 g/mol. The molecule has 0 radical (unpaired) electrons. The van der Waals surface area contributed by atoms with E-state index >= 15 is 0 Å². The maximum Gasteiger partial charge on any atom is 0.390 e. The zero-order valence-electron chi connectivity index (χ0n) is 11.5. The van der Waals surface area contributed by atoms with Crippen LogP contribution >= 0.6 is 11.6 Å². The number of carbonyl (C=O) groups is 1. The minimum absolute atomic E-state index is 0.173. The second-order valence-electron chi connectivity index (χ2n) is 4.41. The molecule has 0 aliphatic rings. The summed E-state index contributed by atoms with van der Waals surface area (Å²) in [7, 11) is 0.817. The Bertz CT molecular complexity index is 600. The summed E-state index contributed by atoms with van der Waals surface area (Å²) in [6.45, 7) is 2.25. The van der Waals surface area contributed by atoms with Crippen LogP contribution in [0.2, 0.25) is 0 Å². The molecule has 22 heavy (non-hydrogen) atoms. The van der Waals surface area contributed by atoms with Crippen molar-refractivity contribution in [2.45, 2.75) is 31.1 Å². The van der Waals surface area contributed by atoms with Crippen LogP contribution in [0.5, 0.6) is 0 Å². The number of aryl methyl sites for hydroxylation is 2. The normalized spacial score (nSPS) is 13.2. The Morgan fingerprint density at radius 3 is 2.09 bits per heavy atom. The number of esters is 1. The first-order valence-corrected chi connectivity index (χ1v) is 6.04. The highest BCUT2D eigenvalue weighted by Crippen LogP contribution is 2.53. The van der Waals surface area contributed by atoms with Crippen molar-refractivity contribution < 1.29 is 35.9 Å². The summed E-state index contributed by atoms with van der Waals surface area (Å²) < 4.78 is 84.4. The van der Waals surface area contributed by atoms with Gasteiger partial charge in [-0.3, -0.25) is 4.98 Å². The Balaban J connectivity index is 3.71. The fourth-order valence-electron chi connectivity index (χ4n) is 1.78. The van der Waals surface area contributed by atoms with Crippen molar-refractivity contribution in [1.29, 1.82) is 0 Å². The first-order chi connectivity index (χ1) is 9.77. The van der Waals surface area contributed by atoms with Crippen LogP contribution in [0, 0.1) is 13.8 Å². The van der Waals surface area contributed by atoms with E-state index in [0.29, 0.717) is 6.07 Å². The van der Waals surface area contributed by atoms with Gasteiger partial charge in [-0.05, 0) is 31.5 Å². The number of methoxy groups -OCH3 is 1. The lowest BCUT2D eigenvalue weighted by atomic mass is 9.95. The van der Waals surface area contributed by atoms with Crippen molar-refractivity contribution in [3.8, 4) is 0 Å². The molecule has 0 bridgehead atoms. The van der Waals surface area contributed by atoms with Crippen molar-refractivity contribution in [3.05, 3.63) is 28.6 Å². The number of hydrogen-bond acceptors (Lipinski definition) is 3. The van der Waals surface area contributed by atoms with Gasteiger partial charge in [-0.15, -0.1) is 0 Å². The van der Waals surface area contributed by atoms with E-state index in [4.69, 9.17) is 0 Å². The second kappa shape index (κ2) is 5.60. The predicted molar refractivity (Wildman–Crippen MR) is 64.7 cm³/mol. The van der Waals surface area contributed by atoms with E-state index in [1.54, 1.807) is 0 Å². The van der Waals surface area contributed by atoms with Crippen LogP contribution in [0.25, 0.3) is 0 Å². The third-order valence-electron chi connectivity index (χ3n) is 2.81. The summed E-state index contributed by atoms with van der Waals surface area (Å²) in [5.74, 6) is -12.8. The number of nitrogens with zero attached hydrogens (tertiary/aromatic N) is 1. The van der Waals surface area contributed by atoms with Gasteiger partial charge in [-0.2, -0.15) is 26.3 Å². The molecule has 10 heteroatoms. The maximum absolute atomic E-state index is 14.0. The molecule has 1 aromatic heterocycles. The summed E-state index contributed by atoms with van der Waals surface area (Å²) in [6.07, 6.45) is 0. The first kappa shape index (κ1) is 18.5. The second-order valence-corrected chi connectivity index (χ2v) is 4.88. The Hall–Kier alpha value is -1.51. The molecule has 0 amide bonds. The number of ether oxygens (including phenoxy) is 1. The van der Waals surface area contributed by atoms with Crippen LogP contribution in [-0.2, 0) is 10.7 Å². The summed E-state index contributed by atoms with van der Waals surface area (Å²) >= 11 is 4.11. The lowest BCUT2D eigenvalue weighted by Crippen LogP contribution is -2.50. The van der Waals surface area contributed by atoms with E-state index in [2.05, 4.69) is 21.3 Å². The topological polar surface area (TPSA) is 39.2 Å². The van der Waals surface area contributed by atoms with Gasteiger partial charge in [0, 0.05) is 11.3 Å². The van der Waals surface area contributed by atoms with Gasteiger partial charge in [-0.1, -0.05) is 0 Å². The first-order valence-electron chi connectivity index (χ1n) is 5.66. The molecule has 0 N–H and O–H groups in total. The lowest BCUT2D eigenvalue weighted by Gasteiger charge is -2.30. The summed E-state index contributed by atoms with van der Waals surface area (Å²) in [5, 5.41) is -5.53. The number of aromatic nitrogens is 1. The zero-order valence-corrected chi connectivity index (χ0v) is 12.2. The summed E-state index contributed by atoms with van der Waals surface area (Å²) in [4.78, 5) is 15.2. The van der Waals surface area contributed by atoms with Gasteiger partial charge in [0.05, 0.1) is 18.4 Å². The molecule has 0 spiro atoms. The molecule has 1 heterocycles. The molecule has 0 aliphatic carbocycles. The minimum Gasteiger partial charge on any atom is -0.465 e. The highest BCUT2D eigenvalue weighted by atomic mass is 35.5. The maximum atomic E-state index is 14.0. The Morgan fingerprint density at radius 1 is 1.18 bits per heavy atom. The molecule has 124 valence electrons. The van der Waals surface area contributed by atoms with Crippen LogP contribution in [-0.4, -0.2) is 29.4 Å². The fraction of sp³-hybridized carbons (Fsp3) is 0.500. The van der Waals surface area contributed by atoms with E-state index in [0.717, 1.165) is 14.0 Å². The SMILES string of the molecule is COC(=O)c1c(C(F)(F)C(F)(F)C(F)(F)Cl)cc(C)nc1C. The van der Waals surface area contributed by atoms with Crippen LogP contribution in [0.4, 0.5) is 26.3 Å². The number of alkyl halides is 7. The van der Waals surface area contributed by atoms with Gasteiger partial charge >= 0.3 is 23.2 Å². The van der Waals surface area contributed by atoms with Crippen molar-refractivity contribution in [1.82, 2.24) is 4.98 Å². The van der Waals surface area contributed by atoms with E-state index in [-0.39, 0.29) is 11.4 Å². The molecule has 0 aliphatic heterocycles.